The molecular weight excluding hydrogens is 206 g/mol. The topological polar surface area (TPSA) is 61.5 Å². The van der Waals surface area contributed by atoms with Crippen LogP contribution in [0.2, 0.25) is 0 Å². The molecule has 0 aromatic carbocycles. The van der Waals surface area contributed by atoms with E-state index in [0.717, 1.165) is 19.3 Å². The van der Waals surface area contributed by atoms with Crippen LogP contribution < -0.4 is 5.73 Å². The lowest BCUT2D eigenvalue weighted by Crippen LogP contribution is -2.29. The van der Waals surface area contributed by atoms with E-state index in [-0.39, 0.29) is 18.2 Å². The predicted molar refractivity (Wildman–Crippen MR) is 62.0 cm³/mol. The average Bonchev–Trinajstić information content (AvgIpc) is 2.64. The van der Waals surface area contributed by atoms with Gasteiger partial charge in [-0.3, -0.25) is 0 Å². The monoisotopic (exact) mass is 229 g/mol. The summed E-state index contributed by atoms with van der Waals surface area (Å²) in [6.07, 6.45) is 2.07. The third-order valence-electron chi connectivity index (χ3n) is 2.75. The van der Waals surface area contributed by atoms with Crippen LogP contribution in [0.1, 0.15) is 40.0 Å². The van der Waals surface area contributed by atoms with E-state index in [1.807, 2.05) is 6.92 Å². The van der Waals surface area contributed by atoms with Crippen LogP contribution in [0.25, 0.3) is 0 Å². The molecule has 0 aromatic rings. The molecule has 0 saturated carbocycles. The third-order valence-corrected chi connectivity index (χ3v) is 2.75. The number of hydrogen-bond acceptors (Lipinski definition) is 4. The second-order valence-electron chi connectivity index (χ2n) is 4.94. The molecule has 0 aliphatic carbocycles. The van der Waals surface area contributed by atoms with Crippen molar-refractivity contribution >= 4 is 5.97 Å². The summed E-state index contributed by atoms with van der Waals surface area (Å²) >= 11 is 0. The molecule has 16 heavy (non-hydrogen) atoms. The normalized spacial score (nSPS) is 27.1. The van der Waals surface area contributed by atoms with Crippen molar-refractivity contribution in [2.45, 2.75) is 58.3 Å². The van der Waals surface area contributed by atoms with Crippen molar-refractivity contribution in [1.29, 1.82) is 0 Å². The first-order valence-corrected chi connectivity index (χ1v) is 6.09. The highest BCUT2D eigenvalue weighted by atomic mass is 16.6. The van der Waals surface area contributed by atoms with Gasteiger partial charge in [-0.2, -0.15) is 0 Å². The molecule has 2 N–H and O–H groups in total. The highest BCUT2D eigenvalue weighted by Gasteiger charge is 2.31. The Morgan fingerprint density at radius 1 is 1.44 bits per heavy atom. The first kappa shape index (κ1) is 13.5. The van der Waals surface area contributed by atoms with E-state index in [4.69, 9.17) is 15.2 Å². The minimum absolute atomic E-state index is 0.0259. The lowest BCUT2D eigenvalue weighted by molar-refractivity contribution is -0.161. The van der Waals surface area contributed by atoms with E-state index in [0.29, 0.717) is 12.5 Å². The Kier molecular flexibility index (Phi) is 5.22. The molecular formula is C12H23NO3. The van der Waals surface area contributed by atoms with E-state index in [1.54, 1.807) is 0 Å². The highest BCUT2D eigenvalue weighted by molar-refractivity contribution is 5.75. The second-order valence-corrected chi connectivity index (χ2v) is 4.94. The van der Waals surface area contributed by atoms with E-state index in [2.05, 4.69) is 13.8 Å². The summed E-state index contributed by atoms with van der Waals surface area (Å²) in [7, 11) is 0. The van der Waals surface area contributed by atoms with E-state index >= 15 is 0 Å². The van der Waals surface area contributed by atoms with Crippen LogP contribution in [-0.4, -0.2) is 30.8 Å². The van der Waals surface area contributed by atoms with Gasteiger partial charge in [0.25, 0.3) is 0 Å². The van der Waals surface area contributed by atoms with Crippen LogP contribution in [0.3, 0.4) is 0 Å². The predicted octanol–water partition coefficient (Wildman–Crippen LogP) is 1.47. The van der Waals surface area contributed by atoms with E-state index < -0.39 is 6.10 Å². The standard InChI is InChI=1S/C12H23NO3/c1-8(2)6-9(3)15-12(14)11-5-4-10(7-13)16-11/h8-11H,4-7,13H2,1-3H3. The molecule has 4 nitrogen and oxygen atoms in total. The summed E-state index contributed by atoms with van der Waals surface area (Å²) in [5.41, 5.74) is 5.49. The van der Waals surface area contributed by atoms with Crippen molar-refractivity contribution in [2.24, 2.45) is 11.7 Å². The van der Waals surface area contributed by atoms with Gasteiger partial charge in [0.15, 0.2) is 6.10 Å². The molecule has 1 heterocycles. The van der Waals surface area contributed by atoms with Gasteiger partial charge < -0.3 is 15.2 Å². The minimum Gasteiger partial charge on any atom is -0.461 e. The van der Waals surface area contributed by atoms with Crippen molar-refractivity contribution in [3.63, 3.8) is 0 Å². The number of ether oxygens (including phenoxy) is 2. The quantitative estimate of drug-likeness (QED) is 0.725. The Bertz CT molecular complexity index is 230. The minimum atomic E-state index is -0.400. The van der Waals surface area contributed by atoms with Gasteiger partial charge >= 0.3 is 5.97 Å². The SMILES string of the molecule is CC(C)CC(C)OC(=O)C1CCC(CN)O1. The molecule has 4 heteroatoms. The van der Waals surface area contributed by atoms with Crippen LogP contribution in [0.5, 0.6) is 0 Å². The Morgan fingerprint density at radius 3 is 2.62 bits per heavy atom. The lowest BCUT2D eigenvalue weighted by atomic mass is 10.1. The zero-order valence-electron chi connectivity index (χ0n) is 10.4. The van der Waals surface area contributed by atoms with Crippen molar-refractivity contribution < 1.29 is 14.3 Å². The van der Waals surface area contributed by atoms with Gasteiger partial charge in [0.1, 0.15) is 0 Å². The summed E-state index contributed by atoms with van der Waals surface area (Å²) in [5.74, 6) is 0.299. The van der Waals surface area contributed by atoms with Gasteiger partial charge in [0.05, 0.1) is 12.2 Å². The highest BCUT2D eigenvalue weighted by Crippen LogP contribution is 2.21. The maximum Gasteiger partial charge on any atom is 0.335 e. The molecule has 94 valence electrons. The van der Waals surface area contributed by atoms with Gasteiger partial charge in [-0.1, -0.05) is 13.8 Å². The Labute approximate surface area is 97.5 Å². The first-order valence-electron chi connectivity index (χ1n) is 6.09. The Hall–Kier alpha value is -0.610. The van der Waals surface area contributed by atoms with Crippen molar-refractivity contribution in [3.05, 3.63) is 0 Å². The van der Waals surface area contributed by atoms with Gasteiger partial charge in [-0.05, 0) is 32.1 Å². The van der Waals surface area contributed by atoms with Crippen LogP contribution in [0, 0.1) is 5.92 Å². The summed E-state index contributed by atoms with van der Waals surface area (Å²) in [4.78, 5) is 11.7. The van der Waals surface area contributed by atoms with E-state index in [1.165, 1.54) is 0 Å². The fourth-order valence-corrected chi connectivity index (χ4v) is 2.04. The van der Waals surface area contributed by atoms with Crippen molar-refractivity contribution in [1.82, 2.24) is 0 Å². The molecule has 1 rings (SSSR count). The molecule has 0 aromatic heterocycles. The van der Waals surface area contributed by atoms with Crippen molar-refractivity contribution in [2.75, 3.05) is 6.54 Å². The number of nitrogens with two attached hydrogens (primary N) is 1. The lowest BCUT2D eigenvalue weighted by Gasteiger charge is -2.18. The second kappa shape index (κ2) is 6.21. The largest absolute Gasteiger partial charge is 0.461 e. The van der Waals surface area contributed by atoms with Gasteiger partial charge in [0, 0.05) is 6.54 Å². The summed E-state index contributed by atoms with van der Waals surface area (Å²) in [5, 5.41) is 0. The maximum absolute atomic E-state index is 11.7. The zero-order valence-corrected chi connectivity index (χ0v) is 10.4. The first-order chi connectivity index (χ1) is 7.52. The number of esters is 1. The molecule has 1 fully saturated rings. The fraction of sp³-hybridized carbons (Fsp3) is 0.917. The molecule has 1 saturated heterocycles. The molecule has 0 amide bonds. The summed E-state index contributed by atoms with van der Waals surface area (Å²) in [6, 6.07) is 0. The fourth-order valence-electron chi connectivity index (χ4n) is 2.04. The third kappa shape index (κ3) is 4.10. The van der Waals surface area contributed by atoms with Gasteiger partial charge in [-0.25, -0.2) is 4.79 Å². The number of rotatable bonds is 5. The van der Waals surface area contributed by atoms with Crippen LogP contribution in [-0.2, 0) is 14.3 Å². The smallest absolute Gasteiger partial charge is 0.335 e. The summed E-state index contributed by atoms with van der Waals surface area (Å²) in [6.45, 7) is 6.63. The molecule has 3 unspecified atom stereocenters. The molecule has 1 aliphatic heterocycles. The van der Waals surface area contributed by atoms with Crippen molar-refractivity contribution in [3.8, 4) is 0 Å². The molecule has 3 atom stereocenters. The Balaban J connectivity index is 2.30. The number of carbonyl (C=O) groups excluding carboxylic acids is 1. The maximum atomic E-state index is 11.7. The molecule has 0 radical (unpaired) electrons. The average molecular weight is 229 g/mol. The van der Waals surface area contributed by atoms with Crippen LogP contribution in [0.15, 0.2) is 0 Å². The number of hydrogen-bond donors (Lipinski definition) is 1. The molecule has 1 aliphatic rings. The zero-order chi connectivity index (χ0) is 12.1. The summed E-state index contributed by atoms with van der Waals surface area (Å²) < 4.78 is 10.8. The van der Waals surface area contributed by atoms with Gasteiger partial charge in [-0.15, -0.1) is 0 Å². The Morgan fingerprint density at radius 2 is 2.12 bits per heavy atom. The molecule has 0 bridgehead atoms. The van der Waals surface area contributed by atoms with Gasteiger partial charge in [0.2, 0.25) is 0 Å². The van der Waals surface area contributed by atoms with Crippen LogP contribution >= 0.6 is 0 Å². The van der Waals surface area contributed by atoms with E-state index in [9.17, 15) is 4.79 Å². The van der Waals surface area contributed by atoms with Crippen LogP contribution in [0.4, 0.5) is 0 Å². The molecule has 0 spiro atoms. The number of carbonyl (C=O) groups is 1.